The van der Waals surface area contributed by atoms with Gasteiger partial charge in [0, 0.05) is 11.9 Å². The number of amidine groups is 1. The van der Waals surface area contributed by atoms with Crippen molar-refractivity contribution in [1.82, 2.24) is 9.97 Å². The lowest BCUT2D eigenvalue weighted by molar-refractivity contribution is 0.901. The van der Waals surface area contributed by atoms with Gasteiger partial charge in [-0.05, 0) is 52.7 Å². The lowest BCUT2D eigenvalue weighted by Crippen LogP contribution is -2.03. The molecule has 0 fully saturated rings. The largest absolute Gasteiger partial charge is 0.387 e. The van der Waals surface area contributed by atoms with E-state index in [-0.39, 0.29) is 0 Å². The summed E-state index contributed by atoms with van der Waals surface area (Å²) in [5.74, 6) is 0.621. The molecule has 0 radical (unpaired) electrons. The zero-order chi connectivity index (χ0) is 18.3. The van der Waals surface area contributed by atoms with Crippen molar-refractivity contribution in [1.29, 1.82) is 0 Å². The fraction of sp³-hybridized carbons (Fsp3) is 0.526. The fourth-order valence-corrected chi connectivity index (χ4v) is 1.55. The first kappa shape index (κ1) is 23.3. The van der Waals surface area contributed by atoms with Gasteiger partial charge in [0.25, 0.3) is 0 Å². The zero-order valence-corrected chi connectivity index (χ0v) is 16.1. The molecule has 0 aromatic carbocycles. The van der Waals surface area contributed by atoms with E-state index in [9.17, 15) is 0 Å². The minimum Gasteiger partial charge on any atom is -0.387 e. The van der Waals surface area contributed by atoms with Crippen LogP contribution in [-0.4, -0.2) is 15.8 Å². The van der Waals surface area contributed by atoms with Crippen molar-refractivity contribution in [2.75, 3.05) is 0 Å². The predicted octanol–water partition coefficient (Wildman–Crippen LogP) is 5.22. The lowest BCUT2D eigenvalue weighted by atomic mass is 10.2. The number of allylic oxidation sites excluding steroid dienone is 2. The van der Waals surface area contributed by atoms with E-state index in [2.05, 4.69) is 28.8 Å². The Hall–Kier alpha value is -1.97. The van der Waals surface area contributed by atoms with Crippen LogP contribution in [0.1, 0.15) is 71.3 Å². The van der Waals surface area contributed by atoms with E-state index < -0.39 is 0 Å². The molecule has 1 rings (SSSR count). The summed E-state index contributed by atoms with van der Waals surface area (Å²) in [6.07, 6.45) is 9.67. The van der Waals surface area contributed by atoms with Gasteiger partial charge in [0.1, 0.15) is 6.33 Å². The monoisotopic (exact) mass is 318 g/mol. The Bertz CT molecular complexity index is 510. The molecule has 0 saturated heterocycles. The van der Waals surface area contributed by atoms with Crippen LogP contribution in [0.3, 0.4) is 0 Å². The van der Waals surface area contributed by atoms with Crippen molar-refractivity contribution >= 4 is 11.9 Å². The van der Waals surface area contributed by atoms with E-state index in [0.717, 1.165) is 23.4 Å². The van der Waals surface area contributed by atoms with Gasteiger partial charge < -0.3 is 5.73 Å². The minimum absolute atomic E-state index is 0.621. The van der Waals surface area contributed by atoms with Crippen LogP contribution in [0, 0.1) is 13.8 Å². The van der Waals surface area contributed by atoms with Gasteiger partial charge in [0.2, 0.25) is 0 Å². The highest BCUT2D eigenvalue weighted by Gasteiger charge is 1.97. The SMILES string of the molecule is C/C=C\c1ncnc(C)c1C.CC.CCC/C(C)=C/N=C(C)N. The molecule has 2 N–H and O–H groups in total. The van der Waals surface area contributed by atoms with Gasteiger partial charge in [0.15, 0.2) is 0 Å². The molecule has 0 aliphatic carbocycles. The van der Waals surface area contributed by atoms with Crippen molar-refractivity contribution in [2.24, 2.45) is 10.7 Å². The summed E-state index contributed by atoms with van der Waals surface area (Å²) >= 11 is 0. The first-order chi connectivity index (χ1) is 10.9. The van der Waals surface area contributed by atoms with Crippen molar-refractivity contribution in [3.05, 3.63) is 41.1 Å². The average Bonchev–Trinajstić information content (AvgIpc) is 2.53. The van der Waals surface area contributed by atoms with Gasteiger partial charge in [-0.25, -0.2) is 15.0 Å². The number of hydrogen-bond donors (Lipinski definition) is 1. The summed E-state index contributed by atoms with van der Waals surface area (Å²) in [5, 5.41) is 0. The molecule has 0 spiro atoms. The summed E-state index contributed by atoms with van der Waals surface area (Å²) in [4.78, 5) is 12.2. The Balaban J connectivity index is 0. The molecule has 0 atom stereocenters. The molecule has 0 unspecified atom stereocenters. The predicted molar refractivity (Wildman–Crippen MR) is 104 cm³/mol. The number of aryl methyl sites for hydroxylation is 1. The Kier molecular flexibility index (Phi) is 15.1. The molecule has 0 amide bonds. The van der Waals surface area contributed by atoms with E-state index in [0.29, 0.717) is 5.84 Å². The van der Waals surface area contributed by atoms with Crippen molar-refractivity contribution < 1.29 is 0 Å². The van der Waals surface area contributed by atoms with Gasteiger partial charge in [-0.15, -0.1) is 0 Å². The Morgan fingerprint density at radius 3 is 2.30 bits per heavy atom. The Labute approximate surface area is 142 Å². The van der Waals surface area contributed by atoms with Crippen LogP contribution in [0.2, 0.25) is 0 Å². The van der Waals surface area contributed by atoms with Crippen LogP contribution in [0.15, 0.2) is 29.2 Å². The highest BCUT2D eigenvalue weighted by atomic mass is 14.8. The maximum Gasteiger partial charge on any atom is 0.116 e. The summed E-state index contributed by atoms with van der Waals surface area (Å²) in [5.41, 5.74) is 9.85. The summed E-state index contributed by atoms with van der Waals surface area (Å²) < 4.78 is 0. The third-order valence-electron chi connectivity index (χ3n) is 2.83. The molecule has 4 heteroatoms. The first-order valence-electron chi connectivity index (χ1n) is 8.28. The van der Waals surface area contributed by atoms with Crippen molar-refractivity contribution in [3.8, 4) is 0 Å². The number of hydrogen-bond acceptors (Lipinski definition) is 3. The molecule has 4 nitrogen and oxygen atoms in total. The molecular weight excluding hydrogens is 284 g/mol. The second-order valence-corrected chi connectivity index (χ2v) is 4.97. The fourth-order valence-electron chi connectivity index (χ4n) is 1.55. The molecule has 23 heavy (non-hydrogen) atoms. The summed E-state index contributed by atoms with van der Waals surface area (Å²) in [7, 11) is 0. The van der Waals surface area contributed by atoms with Crippen LogP contribution in [-0.2, 0) is 0 Å². The molecule has 0 aliphatic heterocycles. The van der Waals surface area contributed by atoms with Gasteiger partial charge >= 0.3 is 0 Å². The molecular formula is C19H34N4. The standard InChI is InChI=1S/C9H12N2.C8H16N2.C2H6/c1-4-5-9-7(2)8(3)10-6-11-9;1-4-5-7(2)6-10-8(3)9;1-2/h4-6H,1-3H3;6H,4-5H2,1-3H3,(H2,9,10);1-2H3/b5-4-;7-6+;. The maximum absolute atomic E-state index is 5.34. The van der Waals surface area contributed by atoms with Crippen LogP contribution in [0.25, 0.3) is 6.08 Å². The van der Waals surface area contributed by atoms with E-state index in [4.69, 9.17) is 5.73 Å². The molecule has 0 aliphatic rings. The van der Waals surface area contributed by atoms with E-state index in [1.165, 1.54) is 12.0 Å². The number of rotatable bonds is 4. The second kappa shape index (κ2) is 14.9. The van der Waals surface area contributed by atoms with Gasteiger partial charge in [-0.1, -0.05) is 38.8 Å². The summed E-state index contributed by atoms with van der Waals surface area (Å²) in [6, 6.07) is 0. The second-order valence-electron chi connectivity index (χ2n) is 4.97. The van der Waals surface area contributed by atoms with Crippen LogP contribution in [0.5, 0.6) is 0 Å². The van der Waals surface area contributed by atoms with Crippen LogP contribution >= 0.6 is 0 Å². The number of aliphatic imine (C=N–C) groups is 1. The summed E-state index contributed by atoms with van der Waals surface area (Å²) in [6.45, 7) is 16.0. The number of aromatic nitrogens is 2. The topological polar surface area (TPSA) is 64.2 Å². The van der Waals surface area contributed by atoms with Crippen LogP contribution in [0.4, 0.5) is 0 Å². The lowest BCUT2D eigenvalue weighted by Gasteiger charge is -2.00. The molecule has 1 heterocycles. The van der Waals surface area contributed by atoms with Crippen molar-refractivity contribution in [2.45, 2.75) is 68.2 Å². The minimum atomic E-state index is 0.621. The number of nitrogens with zero attached hydrogens (tertiary/aromatic N) is 3. The maximum atomic E-state index is 5.34. The van der Waals surface area contributed by atoms with Gasteiger partial charge in [-0.2, -0.15) is 0 Å². The first-order valence-corrected chi connectivity index (χ1v) is 8.28. The normalized spacial score (nSPS) is 11.5. The van der Waals surface area contributed by atoms with Gasteiger partial charge in [-0.3, -0.25) is 0 Å². The third kappa shape index (κ3) is 12.3. The smallest absolute Gasteiger partial charge is 0.116 e. The Morgan fingerprint density at radius 2 is 1.83 bits per heavy atom. The third-order valence-corrected chi connectivity index (χ3v) is 2.83. The van der Waals surface area contributed by atoms with Crippen molar-refractivity contribution in [3.63, 3.8) is 0 Å². The van der Waals surface area contributed by atoms with Gasteiger partial charge in [0.05, 0.1) is 11.5 Å². The van der Waals surface area contributed by atoms with E-state index >= 15 is 0 Å². The highest BCUT2D eigenvalue weighted by Crippen LogP contribution is 2.08. The average molecular weight is 319 g/mol. The number of nitrogens with two attached hydrogens (primary N) is 1. The zero-order valence-electron chi connectivity index (χ0n) is 16.1. The van der Waals surface area contributed by atoms with Crippen LogP contribution < -0.4 is 5.73 Å². The molecule has 1 aromatic rings. The molecule has 1 aromatic heterocycles. The van der Waals surface area contributed by atoms with E-state index in [1.54, 1.807) is 13.3 Å². The Morgan fingerprint density at radius 1 is 1.22 bits per heavy atom. The molecule has 0 saturated carbocycles. The molecule has 130 valence electrons. The molecule has 0 bridgehead atoms. The quantitative estimate of drug-likeness (QED) is 0.611. The highest BCUT2D eigenvalue weighted by molar-refractivity contribution is 5.78. The van der Waals surface area contributed by atoms with E-state index in [1.807, 2.05) is 53.0 Å².